The van der Waals surface area contributed by atoms with E-state index in [4.69, 9.17) is 0 Å². The molecule has 0 bridgehead atoms. The molecule has 1 nitrogen and oxygen atoms in total. The van der Waals surface area contributed by atoms with Crippen molar-refractivity contribution < 1.29 is 0 Å². The standard InChI is InChI=1S/C18H21NSi.2Li/c1-18(2,3)20(4,5)19-16-12-8-6-10-14(16)15-11-7-9-13-17(15)19;;/h6-7,10-13H,1-5H3;;. The number of hydrogen-bond acceptors (Lipinski definition) is 0. The Bertz CT molecular complexity index is 813. The first kappa shape index (κ1) is 16.5. The van der Waals surface area contributed by atoms with Crippen molar-refractivity contribution in [3.05, 3.63) is 36.4 Å². The summed E-state index contributed by atoms with van der Waals surface area (Å²) in [5, 5.41) is 3.09. The molecule has 0 aliphatic rings. The maximum absolute atomic E-state index is 2.69. The molecule has 0 N–H and O–H groups in total. The quantitative estimate of drug-likeness (QED) is 0.607. The molecular formula is C18H21Li2NSi. The second kappa shape index (κ2) is 5.34. The van der Waals surface area contributed by atoms with Gasteiger partial charge >= 0.3 is 153 Å². The van der Waals surface area contributed by atoms with Crippen LogP contribution in [-0.4, -0.2) is 47.9 Å². The van der Waals surface area contributed by atoms with Crippen LogP contribution in [0.5, 0.6) is 0 Å². The normalized spacial score (nSPS) is 13.3. The Morgan fingerprint density at radius 3 is 1.59 bits per heavy atom. The van der Waals surface area contributed by atoms with Crippen LogP contribution in [0.3, 0.4) is 0 Å². The van der Waals surface area contributed by atoms with Crippen LogP contribution in [0.1, 0.15) is 20.8 Å². The molecule has 0 unspecified atom stereocenters. The van der Waals surface area contributed by atoms with Gasteiger partial charge in [0.1, 0.15) is 0 Å². The van der Waals surface area contributed by atoms with E-state index in [1.807, 2.05) is 0 Å². The van der Waals surface area contributed by atoms with Gasteiger partial charge in [-0.25, -0.2) is 0 Å². The Morgan fingerprint density at radius 1 is 0.818 bits per heavy atom. The SMILES string of the molecule is [Li][c]1ccc2c3cc[c]([Li])cc3n([Si](C)(C)C(C)(C)C)c2c1. The molecule has 0 spiro atoms. The fourth-order valence-corrected chi connectivity index (χ4v) is 5.42. The molecular weight excluding hydrogens is 272 g/mol. The van der Waals surface area contributed by atoms with Crippen LogP contribution in [0.2, 0.25) is 18.1 Å². The third-order valence-corrected chi connectivity index (χ3v) is 10.7. The molecule has 0 fully saturated rings. The van der Waals surface area contributed by atoms with E-state index in [9.17, 15) is 0 Å². The Kier molecular flexibility index (Phi) is 4.01. The molecule has 3 rings (SSSR count). The molecule has 0 radical (unpaired) electrons. The summed E-state index contributed by atoms with van der Waals surface area (Å²) in [6, 6.07) is 13.8. The van der Waals surface area contributed by atoms with Crippen molar-refractivity contribution in [3.8, 4) is 0 Å². The summed E-state index contributed by atoms with van der Waals surface area (Å²) >= 11 is 4.39. The predicted octanol–water partition coefficient (Wildman–Crippen LogP) is 3.24. The third kappa shape index (κ3) is 2.47. The molecule has 0 aliphatic carbocycles. The van der Waals surface area contributed by atoms with Crippen molar-refractivity contribution in [3.63, 3.8) is 0 Å². The molecule has 104 valence electrons. The van der Waals surface area contributed by atoms with Gasteiger partial charge in [0, 0.05) is 0 Å². The van der Waals surface area contributed by atoms with Crippen molar-refractivity contribution >= 4 is 73.9 Å². The topological polar surface area (TPSA) is 4.93 Å². The van der Waals surface area contributed by atoms with Crippen LogP contribution in [-0.2, 0) is 0 Å². The minimum absolute atomic E-state index is 0.305. The zero-order valence-electron chi connectivity index (χ0n) is 14.9. The molecule has 0 aliphatic heterocycles. The monoisotopic (exact) mass is 293 g/mol. The first-order chi connectivity index (χ1) is 10.1. The summed E-state index contributed by atoms with van der Waals surface area (Å²) < 4.78 is 5.37. The van der Waals surface area contributed by atoms with E-state index in [1.165, 1.54) is 30.3 Å². The number of nitrogens with zero attached hydrogens (tertiary/aromatic N) is 1. The van der Waals surface area contributed by atoms with Gasteiger partial charge in [-0.15, -0.1) is 0 Å². The van der Waals surface area contributed by atoms with Crippen molar-refractivity contribution in [2.45, 2.75) is 38.9 Å². The number of rotatable bonds is 1. The Hall–Kier alpha value is -0.348. The van der Waals surface area contributed by atoms with E-state index in [2.05, 4.69) is 110 Å². The Morgan fingerprint density at radius 2 is 1.23 bits per heavy atom. The van der Waals surface area contributed by atoms with E-state index in [0.717, 1.165) is 0 Å². The number of hydrogen-bond donors (Lipinski definition) is 0. The summed E-state index contributed by atoms with van der Waals surface area (Å²) in [6.45, 7) is 12.2. The molecule has 1 aromatic heterocycles. The zero-order chi connectivity index (χ0) is 16.3. The second-order valence-corrected chi connectivity index (χ2v) is 13.3. The fourth-order valence-electron chi connectivity index (χ4n) is 3.18. The van der Waals surface area contributed by atoms with Crippen LogP contribution < -0.4 is 8.47 Å². The summed E-state index contributed by atoms with van der Waals surface area (Å²) in [4.78, 5) is 0. The van der Waals surface area contributed by atoms with Gasteiger partial charge in [0.2, 0.25) is 0 Å². The van der Waals surface area contributed by atoms with Gasteiger partial charge in [-0.1, -0.05) is 0 Å². The molecule has 0 atom stereocenters. The molecule has 0 amide bonds. The van der Waals surface area contributed by atoms with Crippen molar-refractivity contribution in [1.29, 1.82) is 0 Å². The molecule has 2 aromatic carbocycles. The number of benzene rings is 2. The van der Waals surface area contributed by atoms with Crippen LogP contribution in [0.4, 0.5) is 0 Å². The molecule has 0 saturated heterocycles. The molecule has 0 saturated carbocycles. The van der Waals surface area contributed by atoms with Crippen LogP contribution >= 0.6 is 0 Å². The van der Waals surface area contributed by atoms with Crippen molar-refractivity contribution in [2.75, 3.05) is 0 Å². The molecule has 22 heavy (non-hydrogen) atoms. The van der Waals surface area contributed by atoms with Gasteiger partial charge in [0.05, 0.1) is 0 Å². The summed E-state index contributed by atoms with van der Waals surface area (Å²) in [5.74, 6) is 0. The van der Waals surface area contributed by atoms with Gasteiger partial charge in [-0.2, -0.15) is 0 Å². The van der Waals surface area contributed by atoms with E-state index >= 15 is 0 Å². The van der Waals surface area contributed by atoms with Crippen LogP contribution in [0, 0.1) is 0 Å². The van der Waals surface area contributed by atoms with Gasteiger partial charge in [0.25, 0.3) is 0 Å². The predicted molar refractivity (Wildman–Crippen MR) is 103 cm³/mol. The first-order valence-electron chi connectivity index (χ1n) is 8.15. The minimum atomic E-state index is -1.69. The molecule has 1 heterocycles. The average molecular weight is 293 g/mol. The third-order valence-electron chi connectivity index (χ3n) is 5.47. The van der Waals surface area contributed by atoms with Gasteiger partial charge in [0.15, 0.2) is 0 Å². The average Bonchev–Trinajstić information content (AvgIpc) is 2.69. The Labute approximate surface area is 153 Å². The Balaban J connectivity index is 2.54. The van der Waals surface area contributed by atoms with E-state index in [1.54, 1.807) is 0 Å². The van der Waals surface area contributed by atoms with E-state index in [0.29, 0.717) is 5.04 Å². The summed E-state index contributed by atoms with van der Waals surface area (Å²) in [7, 11) is -1.69. The number of fused-ring (bicyclic) bond motifs is 3. The fraction of sp³-hybridized carbons (Fsp3) is 0.333. The zero-order valence-corrected chi connectivity index (χ0v) is 15.9. The maximum atomic E-state index is 2.69. The first-order valence-corrected chi connectivity index (χ1v) is 11.1. The van der Waals surface area contributed by atoms with Crippen molar-refractivity contribution in [2.24, 2.45) is 0 Å². The van der Waals surface area contributed by atoms with Crippen molar-refractivity contribution in [1.82, 2.24) is 4.23 Å². The van der Waals surface area contributed by atoms with Crippen LogP contribution in [0.15, 0.2) is 36.4 Å². The second-order valence-electron chi connectivity index (χ2n) is 8.19. The summed E-state index contributed by atoms with van der Waals surface area (Å²) in [6.07, 6.45) is 0. The molecule has 4 heteroatoms. The number of aromatic nitrogens is 1. The molecule has 3 aromatic rings. The van der Waals surface area contributed by atoms with Gasteiger partial charge < -0.3 is 0 Å². The summed E-state index contributed by atoms with van der Waals surface area (Å²) in [5.41, 5.74) is 2.82. The van der Waals surface area contributed by atoms with Gasteiger partial charge in [-0.3, -0.25) is 0 Å². The van der Waals surface area contributed by atoms with E-state index in [-0.39, 0.29) is 0 Å². The van der Waals surface area contributed by atoms with E-state index < -0.39 is 8.24 Å². The van der Waals surface area contributed by atoms with Gasteiger partial charge in [-0.05, 0) is 0 Å². The van der Waals surface area contributed by atoms with Crippen LogP contribution in [0.25, 0.3) is 21.8 Å².